The van der Waals surface area contributed by atoms with E-state index in [4.69, 9.17) is 5.73 Å². The molecule has 2 N–H and O–H groups in total. The molecule has 2 bridgehead atoms. The van der Waals surface area contributed by atoms with Gasteiger partial charge < -0.3 is 5.73 Å². The molecular weight excluding hydrogens is 198 g/mol. The average Bonchev–Trinajstić information content (AvgIpc) is 2.67. The normalized spacial score (nSPS) is 45.8. The minimum absolute atomic E-state index is 0.228. The van der Waals surface area contributed by atoms with Crippen molar-refractivity contribution in [2.45, 2.75) is 25.3 Å². The van der Waals surface area contributed by atoms with E-state index >= 15 is 0 Å². The second-order valence-corrected chi connectivity index (χ2v) is 5.97. The minimum atomic E-state index is 0.228. The summed E-state index contributed by atoms with van der Waals surface area (Å²) in [6, 6.07) is 2.31. The van der Waals surface area contributed by atoms with Crippen molar-refractivity contribution in [2.75, 3.05) is 0 Å². The van der Waals surface area contributed by atoms with Crippen molar-refractivity contribution < 1.29 is 0 Å². The van der Waals surface area contributed by atoms with E-state index in [0.29, 0.717) is 0 Å². The molecule has 3 aliphatic carbocycles. The number of aromatic nitrogens is 2. The molecule has 3 heteroatoms. The van der Waals surface area contributed by atoms with Crippen molar-refractivity contribution >= 4 is 0 Å². The molecule has 0 radical (unpaired) electrons. The highest BCUT2D eigenvalue weighted by Crippen LogP contribution is 2.71. The van der Waals surface area contributed by atoms with Gasteiger partial charge in [-0.25, -0.2) is 0 Å². The molecule has 0 aliphatic heterocycles. The highest BCUT2D eigenvalue weighted by Gasteiger charge is 2.66. The van der Waals surface area contributed by atoms with E-state index in [1.807, 2.05) is 17.9 Å². The number of rotatable bonds is 2. The van der Waals surface area contributed by atoms with Crippen LogP contribution in [0.15, 0.2) is 12.3 Å². The average molecular weight is 217 g/mol. The van der Waals surface area contributed by atoms with E-state index in [-0.39, 0.29) is 6.04 Å². The summed E-state index contributed by atoms with van der Waals surface area (Å²) in [6.07, 6.45) is 6.31. The summed E-state index contributed by atoms with van der Waals surface area (Å²) in [4.78, 5) is 0. The first kappa shape index (κ1) is 9.23. The zero-order chi connectivity index (χ0) is 10.9. The monoisotopic (exact) mass is 217 g/mol. The fourth-order valence-electron chi connectivity index (χ4n) is 4.78. The van der Waals surface area contributed by atoms with Gasteiger partial charge in [0.05, 0.1) is 11.7 Å². The Kier molecular flexibility index (Phi) is 1.67. The fourth-order valence-corrected chi connectivity index (χ4v) is 4.78. The summed E-state index contributed by atoms with van der Waals surface area (Å²) in [5.41, 5.74) is 7.65. The first-order valence-electron chi connectivity index (χ1n) is 6.51. The first-order valence-corrected chi connectivity index (χ1v) is 6.51. The summed E-state index contributed by atoms with van der Waals surface area (Å²) >= 11 is 0. The zero-order valence-electron chi connectivity index (χ0n) is 9.71. The molecule has 86 valence electrons. The van der Waals surface area contributed by atoms with E-state index < -0.39 is 0 Å². The van der Waals surface area contributed by atoms with E-state index in [2.05, 4.69) is 11.2 Å². The van der Waals surface area contributed by atoms with Gasteiger partial charge in [-0.05, 0) is 54.9 Å². The zero-order valence-corrected chi connectivity index (χ0v) is 9.71. The van der Waals surface area contributed by atoms with Gasteiger partial charge in [0.25, 0.3) is 0 Å². The molecule has 5 unspecified atom stereocenters. The van der Waals surface area contributed by atoms with Crippen LogP contribution in [-0.2, 0) is 7.05 Å². The number of hydrogen-bond donors (Lipinski definition) is 1. The molecule has 1 aromatic rings. The van der Waals surface area contributed by atoms with Crippen LogP contribution in [0.3, 0.4) is 0 Å². The van der Waals surface area contributed by atoms with Crippen molar-refractivity contribution in [2.24, 2.45) is 42.4 Å². The number of fused-ring (bicyclic) bond motifs is 5. The number of hydrogen-bond acceptors (Lipinski definition) is 2. The lowest BCUT2D eigenvalue weighted by molar-refractivity contribution is 0.406. The third-order valence-corrected chi connectivity index (χ3v) is 5.41. The maximum absolute atomic E-state index is 6.43. The molecule has 5 atom stereocenters. The van der Waals surface area contributed by atoms with Crippen LogP contribution >= 0.6 is 0 Å². The highest BCUT2D eigenvalue weighted by atomic mass is 15.3. The fraction of sp³-hybridized carbons (Fsp3) is 0.769. The Labute approximate surface area is 96.0 Å². The van der Waals surface area contributed by atoms with Crippen LogP contribution in [0.4, 0.5) is 0 Å². The van der Waals surface area contributed by atoms with Crippen molar-refractivity contribution in [3.05, 3.63) is 18.0 Å². The summed E-state index contributed by atoms with van der Waals surface area (Å²) in [5.74, 6) is 4.72. The second kappa shape index (κ2) is 2.89. The van der Waals surface area contributed by atoms with Crippen LogP contribution in [0.2, 0.25) is 0 Å². The quantitative estimate of drug-likeness (QED) is 0.819. The van der Waals surface area contributed by atoms with Crippen molar-refractivity contribution in [3.63, 3.8) is 0 Å². The predicted molar refractivity (Wildman–Crippen MR) is 61.4 cm³/mol. The summed E-state index contributed by atoms with van der Waals surface area (Å²) < 4.78 is 1.95. The third kappa shape index (κ3) is 1.000. The maximum atomic E-state index is 6.43. The van der Waals surface area contributed by atoms with E-state index in [1.54, 1.807) is 0 Å². The van der Waals surface area contributed by atoms with Crippen molar-refractivity contribution in [3.8, 4) is 0 Å². The maximum Gasteiger partial charge on any atom is 0.0551 e. The molecular formula is C13H19N3. The lowest BCUT2D eigenvalue weighted by Gasteiger charge is -2.16. The van der Waals surface area contributed by atoms with Crippen molar-refractivity contribution in [1.29, 1.82) is 0 Å². The summed E-state index contributed by atoms with van der Waals surface area (Å²) in [6.45, 7) is 0. The Balaban J connectivity index is 1.59. The topological polar surface area (TPSA) is 43.8 Å². The smallest absolute Gasteiger partial charge is 0.0551 e. The molecule has 3 aliphatic rings. The molecule has 16 heavy (non-hydrogen) atoms. The Bertz CT molecular complexity index is 409. The third-order valence-electron chi connectivity index (χ3n) is 5.41. The molecule has 1 aromatic heterocycles. The second-order valence-electron chi connectivity index (χ2n) is 5.97. The van der Waals surface area contributed by atoms with Gasteiger partial charge in [0, 0.05) is 13.2 Å². The molecule has 3 nitrogen and oxygen atoms in total. The predicted octanol–water partition coefficient (Wildman–Crippen LogP) is 1.71. The molecule has 3 fully saturated rings. The Morgan fingerprint density at radius 1 is 1.38 bits per heavy atom. The minimum Gasteiger partial charge on any atom is -0.322 e. The number of nitrogens with zero attached hydrogens (tertiary/aromatic N) is 2. The lowest BCUT2D eigenvalue weighted by Crippen LogP contribution is -2.20. The standard InChI is InChI=1S/C13H19N3/c1-16-9(4-5-15-16)13(14)12-10-7-2-3-8(6-7)11(10)12/h4-5,7-8,10-13H,2-3,6,14H2,1H3. The molecule has 0 amide bonds. The van der Waals surface area contributed by atoms with Gasteiger partial charge in [-0.3, -0.25) is 4.68 Å². The molecule has 0 saturated heterocycles. The van der Waals surface area contributed by atoms with Gasteiger partial charge in [-0.2, -0.15) is 5.10 Å². The van der Waals surface area contributed by atoms with E-state index in [0.717, 1.165) is 29.6 Å². The van der Waals surface area contributed by atoms with Crippen LogP contribution in [0.5, 0.6) is 0 Å². The molecule has 0 spiro atoms. The van der Waals surface area contributed by atoms with Gasteiger partial charge in [0.2, 0.25) is 0 Å². The summed E-state index contributed by atoms with van der Waals surface area (Å²) in [5, 5.41) is 4.23. The Hall–Kier alpha value is -0.830. The molecule has 0 aromatic carbocycles. The van der Waals surface area contributed by atoms with Crippen LogP contribution in [-0.4, -0.2) is 9.78 Å². The number of aryl methyl sites for hydroxylation is 1. The largest absolute Gasteiger partial charge is 0.322 e. The molecule has 3 saturated carbocycles. The number of nitrogens with two attached hydrogens (primary N) is 1. The van der Waals surface area contributed by atoms with E-state index in [1.165, 1.54) is 25.0 Å². The van der Waals surface area contributed by atoms with Gasteiger partial charge in [-0.1, -0.05) is 0 Å². The van der Waals surface area contributed by atoms with Crippen LogP contribution in [0, 0.1) is 29.6 Å². The van der Waals surface area contributed by atoms with Crippen LogP contribution < -0.4 is 5.73 Å². The SMILES string of the molecule is Cn1nccc1C(N)C1C2C3CCC(C3)C21. The van der Waals surface area contributed by atoms with Gasteiger partial charge >= 0.3 is 0 Å². The Morgan fingerprint density at radius 3 is 2.62 bits per heavy atom. The molecule has 1 heterocycles. The highest BCUT2D eigenvalue weighted by molar-refractivity contribution is 5.20. The Morgan fingerprint density at radius 2 is 2.06 bits per heavy atom. The van der Waals surface area contributed by atoms with Gasteiger partial charge in [-0.15, -0.1) is 0 Å². The van der Waals surface area contributed by atoms with E-state index in [9.17, 15) is 0 Å². The van der Waals surface area contributed by atoms with Crippen LogP contribution in [0.25, 0.3) is 0 Å². The molecule has 4 rings (SSSR count). The van der Waals surface area contributed by atoms with Crippen molar-refractivity contribution in [1.82, 2.24) is 9.78 Å². The van der Waals surface area contributed by atoms with Gasteiger partial charge in [0.15, 0.2) is 0 Å². The lowest BCUT2D eigenvalue weighted by atomic mass is 9.96. The van der Waals surface area contributed by atoms with Gasteiger partial charge in [0.1, 0.15) is 0 Å². The first-order chi connectivity index (χ1) is 7.77. The van der Waals surface area contributed by atoms with Crippen LogP contribution in [0.1, 0.15) is 31.0 Å². The summed E-state index contributed by atoms with van der Waals surface area (Å²) in [7, 11) is 2.00.